The summed E-state index contributed by atoms with van der Waals surface area (Å²) >= 11 is 0. The molecule has 15 heavy (non-hydrogen) atoms. The van der Waals surface area contributed by atoms with Crippen molar-refractivity contribution in [1.29, 1.82) is 0 Å². The molecule has 0 aliphatic carbocycles. The molecule has 0 aliphatic heterocycles. The topological polar surface area (TPSA) is 55.1 Å². The number of nitrogens with two attached hydrogens (primary N) is 1. The predicted octanol–water partition coefficient (Wildman–Crippen LogP) is 2.05. The third kappa shape index (κ3) is 6.50. The molecule has 0 spiro atoms. The standard InChI is InChI=1S/C12H26N2O/c1-7-9(13)10(15)14-12(5,6)8-11(2,3)4/h9H,7-8,13H2,1-6H3,(H,14,15)/t9-/m1/s1. The van der Waals surface area contributed by atoms with E-state index < -0.39 is 0 Å². The summed E-state index contributed by atoms with van der Waals surface area (Å²) in [6.07, 6.45) is 1.61. The van der Waals surface area contributed by atoms with Gasteiger partial charge in [0.15, 0.2) is 0 Å². The van der Waals surface area contributed by atoms with Crippen LogP contribution in [0.5, 0.6) is 0 Å². The van der Waals surface area contributed by atoms with Crippen LogP contribution in [0.15, 0.2) is 0 Å². The van der Waals surface area contributed by atoms with Crippen molar-refractivity contribution in [2.45, 2.75) is 66.0 Å². The fraction of sp³-hybridized carbons (Fsp3) is 0.917. The molecule has 90 valence electrons. The lowest BCUT2D eigenvalue weighted by Gasteiger charge is -2.34. The van der Waals surface area contributed by atoms with Crippen molar-refractivity contribution in [3.05, 3.63) is 0 Å². The molecule has 0 aromatic rings. The van der Waals surface area contributed by atoms with Crippen LogP contribution in [0.4, 0.5) is 0 Å². The van der Waals surface area contributed by atoms with Crippen LogP contribution in [0.3, 0.4) is 0 Å². The minimum absolute atomic E-state index is 0.0493. The van der Waals surface area contributed by atoms with E-state index in [0.717, 1.165) is 6.42 Å². The van der Waals surface area contributed by atoms with Crippen LogP contribution >= 0.6 is 0 Å². The molecule has 0 unspecified atom stereocenters. The van der Waals surface area contributed by atoms with Crippen LogP contribution in [0.2, 0.25) is 0 Å². The van der Waals surface area contributed by atoms with Crippen LogP contribution in [0, 0.1) is 5.41 Å². The van der Waals surface area contributed by atoms with E-state index in [4.69, 9.17) is 5.73 Å². The molecule has 0 heterocycles. The number of nitrogens with one attached hydrogen (secondary N) is 1. The highest BCUT2D eigenvalue weighted by atomic mass is 16.2. The van der Waals surface area contributed by atoms with Gasteiger partial charge in [0.1, 0.15) is 0 Å². The summed E-state index contributed by atoms with van der Waals surface area (Å²) in [5.41, 5.74) is 5.68. The average molecular weight is 214 g/mol. The Kier molecular flexibility index (Phi) is 4.78. The van der Waals surface area contributed by atoms with Crippen LogP contribution in [-0.2, 0) is 4.79 Å². The lowest BCUT2D eigenvalue weighted by Crippen LogP contribution is -2.51. The van der Waals surface area contributed by atoms with E-state index >= 15 is 0 Å². The number of rotatable bonds is 4. The van der Waals surface area contributed by atoms with Crippen LogP contribution in [-0.4, -0.2) is 17.5 Å². The largest absolute Gasteiger partial charge is 0.350 e. The number of carbonyl (C=O) groups excluding carboxylic acids is 1. The maximum atomic E-state index is 11.6. The van der Waals surface area contributed by atoms with Crippen LogP contribution in [0.1, 0.15) is 54.4 Å². The summed E-state index contributed by atoms with van der Waals surface area (Å²) in [4.78, 5) is 11.6. The molecule has 0 fully saturated rings. The zero-order valence-corrected chi connectivity index (χ0v) is 11.0. The van der Waals surface area contributed by atoms with E-state index in [2.05, 4.69) is 26.1 Å². The average Bonchev–Trinajstić information content (AvgIpc) is 1.96. The SMILES string of the molecule is CC[C@@H](N)C(=O)NC(C)(C)CC(C)(C)C. The smallest absolute Gasteiger partial charge is 0.237 e. The molecule has 0 bridgehead atoms. The lowest BCUT2D eigenvalue weighted by molar-refractivity contribution is -0.124. The molecule has 3 nitrogen and oxygen atoms in total. The Bertz CT molecular complexity index is 216. The van der Waals surface area contributed by atoms with Gasteiger partial charge in [0, 0.05) is 5.54 Å². The van der Waals surface area contributed by atoms with Gasteiger partial charge in [-0.3, -0.25) is 4.79 Å². The molecular formula is C12H26N2O. The van der Waals surface area contributed by atoms with Gasteiger partial charge >= 0.3 is 0 Å². The van der Waals surface area contributed by atoms with E-state index in [9.17, 15) is 4.79 Å². The van der Waals surface area contributed by atoms with E-state index in [1.807, 2.05) is 20.8 Å². The molecule has 0 saturated heterocycles. The van der Waals surface area contributed by atoms with Crippen molar-refractivity contribution in [3.63, 3.8) is 0 Å². The monoisotopic (exact) mass is 214 g/mol. The van der Waals surface area contributed by atoms with Gasteiger partial charge in [0.25, 0.3) is 0 Å². The molecule has 3 heteroatoms. The Morgan fingerprint density at radius 1 is 1.27 bits per heavy atom. The van der Waals surface area contributed by atoms with Crippen molar-refractivity contribution in [1.82, 2.24) is 5.32 Å². The maximum Gasteiger partial charge on any atom is 0.237 e. The van der Waals surface area contributed by atoms with Crippen molar-refractivity contribution in [2.24, 2.45) is 11.1 Å². The summed E-state index contributed by atoms with van der Waals surface area (Å²) in [7, 11) is 0. The van der Waals surface area contributed by atoms with Gasteiger partial charge in [-0.05, 0) is 32.1 Å². The molecule has 0 aliphatic rings. The molecule has 0 saturated carbocycles. The first kappa shape index (κ1) is 14.4. The third-order valence-electron chi connectivity index (χ3n) is 2.21. The summed E-state index contributed by atoms with van der Waals surface area (Å²) in [6.45, 7) is 12.5. The molecule has 0 rings (SSSR count). The molecule has 1 atom stereocenters. The minimum atomic E-state index is -0.385. The first-order chi connectivity index (χ1) is 6.57. The summed E-state index contributed by atoms with van der Waals surface area (Å²) in [5, 5.41) is 3.00. The minimum Gasteiger partial charge on any atom is -0.350 e. The Hall–Kier alpha value is -0.570. The number of hydrogen-bond acceptors (Lipinski definition) is 2. The molecule has 0 aromatic carbocycles. The summed E-state index contributed by atoms with van der Waals surface area (Å²) in [5.74, 6) is -0.0493. The molecule has 0 radical (unpaired) electrons. The zero-order valence-electron chi connectivity index (χ0n) is 11.0. The summed E-state index contributed by atoms with van der Waals surface area (Å²) in [6, 6.07) is -0.385. The van der Waals surface area contributed by atoms with Gasteiger partial charge in [0.2, 0.25) is 5.91 Å². The normalized spacial score (nSPS) is 14.9. The highest BCUT2D eigenvalue weighted by molar-refractivity contribution is 5.82. The fourth-order valence-electron chi connectivity index (χ4n) is 1.98. The van der Waals surface area contributed by atoms with Gasteiger partial charge in [-0.15, -0.1) is 0 Å². The van der Waals surface area contributed by atoms with Crippen molar-refractivity contribution < 1.29 is 4.79 Å². The van der Waals surface area contributed by atoms with Gasteiger partial charge in [-0.1, -0.05) is 27.7 Å². The van der Waals surface area contributed by atoms with Gasteiger partial charge in [-0.25, -0.2) is 0 Å². The van der Waals surface area contributed by atoms with Crippen LogP contribution in [0.25, 0.3) is 0 Å². The number of amides is 1. The predicted molar refractivity (Wildman–Crippen MR) is 64.6 cm³/mol. The van der Waals surface area contributed by atoms with Gasteiger partial charge < -0.3 is 11.1 Å². The molecular weight excluding hydrogens is 188 g/mol. The number of carbonyl (C=O) groups is 1. The molecule has 3 N–H and O–H groups in total. The quantitative estimate of drug-likeness (QED) is 0.752. The second kappa shape index (κ2) is 4.97. The highest BCUT2D eigenvalue weighted by Gasteiger charge is 2.28. The lowest BCUT2D eigenvalue weighted by atomic mass is 9.81. The van der Waals surface area contributed by atoms with E-state index in [1.54, 1.807) is 0 Å². The summed E-state index contributed by atoms with van der Waals surface area (Å²) < 4.78 is 0. The second-order valence-electron chi connectivity index (χ2n) is 6.13. The van der Waals surface area contributed by atoms with Crippen molar-refractivity contribution in [2.75, 3.05) is 0 Å². The first-order valence-corrected chi connectivity index (χ1v) is 5.65. The third-order valence-corrected chi connectivity index (χ3v) is 2.21. The van der Waals surface area contributed by atoms with Crippen molar-refractivity contribution >= 4 is 5.91 Å². The Labute approximate surface area is 93.8 Å². The van der Waals surface area contributed by atoms with E-state index in [-0.39, 0.29) is 22.9 Å². The van der Waals surface area contributed by atoms with Crippen molar-refractivity contribution in [3.8, 4) is 0 Å². The van der Waals surface area contributed by atoms with Gasteiger partial charge in [-0.2, -0.15) is 0 Å². The van der Waals surface area contributed by atoms with E-state index in [1.165, 1.54) is 0 Å². The number of hydrogen-bond donors (Lipinski definition) is 2. The van der Waals surface area contributed by atoms with E-state index in [0.29, 0.717) is 6.42 Å². The Balaban J connectivity index is 4.32. The molecule has 0 aromatic heterocycles. The Morgan fingerprint density at radius 3 is 2.07 bits per heavy atom. The fourth-order valence-corrected chi connectivity index (χ4v) is 1.98. The highest BCUT2D eigenvalue weighted by Crippen LogP contribution is 2.26. The maximum absolute atomic E-state index is 11.6. The van der Waals surface area contributed by atoms with Gasteiger partial charge in [0.05, 0.1) is 6.04 Å². The molecule has 1 amide bonds. The second-order valence-corrected chi connectivity index (χ2v) is 6.13. The van der Waals surface area contributed by atoms with Crippen LogP contribution < -0.4 is 11.1 Å². The Morgan fingerprint density at radius 2 is 1.73 bits per heavy atom. The zero-order chi connectivity index (χ0) is 12.3. The first-order valence-electron chi connectivity index (χ1n) is 5.65.